The molecule has 5 nitrogen and oxygen atoms in total. The number of hydrogen-bond donors (Lipinski definition) is 3. The molecule has 8 heteroatoms. The van der Waals surface area contributed by atoms with E-state index >= 15 is 0 Å². The van der Waals surface area contributed by atoms with E-state index in [4.69, 9.17) is 0 Å². The molecule has 0 atom stereocenters. The molecule has 0 saturated heterocycles. The van der Waals surface area contributed by atoms with Crippen LogP contribution in [0.2, 0.25) is 0 Å². The molecule has 24 heavy (non-hydrogen) atoms. The van der Waals surface area contributed by atoms with E-state index in [1.807, 2.05) is 0 Å². The Hall–Kier alpha value is -1.96. The molecule has 2 amide bonds. The number of amides is 2. The zero-order chi connectivity index (χ0) is 17.6. The maximum absolute atomic E-state index is 12.1. The number of nitrogens with one attached hydrogen (secondary N) is 2. The van der Waals surface area contributed by atoms with Crippen LogP contribution in [-0.2, 0) is 6.42 Å². The molecular weight excluding hydrogens is 325 g/mol. The van der Waals surface area contributed by atoms with Crippen LogP contribution in [0.25, 0.3) is 0 Å². The first-order valence-corrected chi connectivity index (χ1v) is 7.89. The maximum Gasteiger partial charge on any atom is 0.573 e. The van der Waals surface area contributed by atoms with E-state index in [-0.39, 0.29) is 23.9 Å². The third kappa shape index (κ3) is 6.66. The Morgan fingerprint density at radius 3 is 2.38 bits per heavy atom. The Kier molecular flexibility index (Phi) is 6.30. The SMILES string of the molecule is O=C(NCCc1ccc(OC(F)(F)F)cc1)NC1CCC(O)CC1. The third-order valence-corrected chi connectivity index (χ3v) is 3.89. The normalized spacial score (nSPS) is 21.2. The van der Waals surface area contributed by atoms with Crippen molar-refractivity contribution in [2.45, 2.75) is 50.6 Å². The number of aliphatic hydroxyl groups excluding tert-OH is 1. The molecule has 3 N–H and O–H groups in total. The number of carbonyl (C=O) groups is 1. The van der Waals surface area contributed by atoms with Crippen molar-refractivity contribution < 1.29 is 27.8 Å². The maximum atomic E-state index is 12.1. The van der Waals surface area contributed by atoms with Gasteiger partial charge in [-0.15, -0.1) is 13.2 Å². The van der Waals surface area contributed by atoms with Gasteiger partial charge in [-0.2, -0.15) is 0 Å². The number of ether oxygens (including phenoxy) is 1. The molecule has 1 fully saturated rings. The first-order chi connectivity index (χ1) is 11.3. The van der Waals surface area contributed by atoms with Gasteiger partial charge < -0.3 is 20.5 Å². The van der Waals surface area contributed by atoms with Crippen LogP contribution in [0.15, 0.2) is 24.3 Å². The summed E-state index contributed by atoms with van der Waals surface area (Å²) in [5, 5.41) is 15.0. The Labute approximate surface area is 138 Å². The van der Waals surface area contributed by atoms with Gasteiger partial charge in [0.05, 0.1) is 6.10 Å². The number of benzene rings is 1. The average Bonchev–Trinajstić information content (AvgIpc) is 2.50. The van der Waals surface area contributed by atoms with Crippen LogP contribution in [0.4, 0.5) is 18.0 Å². The predicted octanol–water partition coefficient (Wildman–Crippen LogP) is 2.73. The zero-order valence-electron chi connectivity index (χ0n) is 13.1. The Morgan fingerprint density at radius 2 is 1.79 bits per heavy atom. The first-order valence-electron chi connectivity index (χ1n) is 7.89. The van der Waals surface area contributed by atoms with Crippen LogP contribution < -0.4 is 15.4 Å². The summed E-state index contributed by atoms with van der Waals surface area (Å²) in [5.41, 5.74) is 0.797. The van der Waals surface area contributed by atoms with Crippen molar-refractivity contribution in [3.63, 3.8) is 0 Å². The highest BCUT2D eigenvalue weighted by atomic mass is 19.4. The van der Waals surface area contributed by atoms with Crippen molar-refractivity contribution in [2.75, 3.05) is 6.54 Å². The molecular formula is C16H21F3N2O3. The zero-order valence-corrected chi connectivity index (χ0v) is 13.1. The number of hydrogen-bond acceptors (Lipinski definition) is 3. The summed E-state index contributed by atoms with van der Waals surface area (Å²) in [6.45, 7) is 0.376. The van der Waals surface area contributed by atoms with Crippen molar-refractivity contribution >= 4 is 6.03 Å². The number of aliphatic hydroxyl groups is 1. The molecule has 0 heterocycles. The number of rotatable bonds is 5. The van der Waals surface area contributed by atoms with Gasteiger partial charge in [0.25, 0.3) is 0 Å². The van der Waals surface area contributed by atoms with E-state index in [2.05, 4.69) is 15.4 Å². The molecule has 0 aromatic heterocycles. The lowest BCUT2D eigenvalue weighted by Gasteiger charge is -2.26. The second-order valence-electron chi connectivity index (χ2n) is 5.85. The van der Waals surface area contributed by atoms with Gasteiger partial charge in [0, 0.05) is 12.6 Å². The minimum Gasteiger partial charge on any atom is -0.406 e. The van der Waals surface area contributed by atoms with Crippen molar-refractivity contribution in [1.29, 1.82) is 0 Å². The van der Waals surface area contributed by atoms with Gasteiger partial charge in [0.1, 0.15) is 5.75 Å². The lowest BCUT2D eigenvalue weighted by Crippen LogP contribution is -2.44. The van der Waals surface area contributed by atoms with Gasteiger partial charge in [-0.1, -0.05) is 12.1 Å². The van der Waals surface area contributed by atoms with Crippen molar-refractivity contribution in [3.8, 4) is 5.75 Å². The smallest absolute Gasteiger partial charge is 0.406 e. The van der Waals surface area contributed by atoms with E-state index in [0.717, 1.165) is 18.4 Å². The molecule has 1 aromatic carbocycles. The fourth-order valence-electron chi connectivity index (χ4n) is 2.63. The van der Waals surface area contributed by atoms with Crippen molar-refractivity contribution in [3.05, 3.63) is 29.8 Å². The largest absolute Gasteiger partial charge is 0.573 e. The molecule has 1 aliphatic rings. The monoisotopic (exact) mass is 346 g/mol. The number of halogens is 3. The minimum atomic E-state index is -4.70. The topological polar surface area (TPSA) is 70.6 Å². The van der Waals surface area contributed by atoms with E-state index in [0.29, 0.717) is 25.8 Å². The summed E-state index contributed by atoms with van der Waals surface area (Å²) >= 11 is 0. The van der Waals surface area contributed by atoms with Gasteiger partial charge in [0.2, 0.25) is 0 Å². The van der Waals surface area contributed by atoms with Gasteiger partial charge in [-0.25, -0.2) is 4.79 Å². The third-order valence-electron chi connectivity index (χ3n) is 3.89. The number of urea groups is 1. The molecule has 1 aliphatic carbocycles. The van der Waals surface area contributed by atoms with E-state index in [1.165, 1.54) is 24.3 Å². The van der Waals surface area contributed by atoms with Crippen LogP contribution in [0.3, 0.4) is 0 Å². The van der Waals surface area contributed by atoms with E-state index in [9.17, 15) is 23.1 Å². The van der Waals surface area contributed by atoms with Crippen LogP contribution in [-0.4, -0.2) is 36.2 Å². The first kappa shape index (κ1) is 18.4. The molecule has 134 valence electrons. The van der Waals surface area contributed by atoms with Crippen LogP contribution >= 0.6 is 0 Å². The van der Waals surface area contributed by atoms with Crippen LogP contribution in [0, 0.1) is 0 Å². The quantitative estimate of drug-likeness (QED) is 0.768. The molecule has 0 aliphatic heterocycles. The highest BCUT2D eigenvalue weighted by Gasteiger charge is 2.30. The van der Waals surface area contributed by atoms with Crippen molar-refractivity contribution in [1.82, 2.24) is 10.6 Å². The number of alkyl halides is 3. The average molecular weight is 346 g/mol. The molecule has 0 spiro atoms. The second kappa shape index (κ2) is 8.23. The summed E-state index contributed by atoms with van der Waals surface area (Å²) in [4.78, 5) is 11.8. The summed E-state index contributed by atoms with van der Waals surface area (Å²) < 4.78 is 40.0. The molecule has 0 unspecified atom stereocenters. The molecule has 2 rings (SSSR count). The lowest BCUT2D eigenvalue weighted by atomic mass is 9.93. The van der Waals surface area contributed by atoms with Gasteiger partial charge in [0.15, 0.2) is 0 Å². The molecule has 0 bridgehead atoms. The van der Waals surface area contributed by atoms with E-state index in [1.54, 1.807) is 0 Å². The minimum absolute atomic E-state index is 0.0761. The van der Waals surface area contributed by atoms with Gasteiger partial charge >= 0.3 is 12.4 Å². The summed E-state index contributed by atoms with van der Waals surface area (Å²) in [6.07, 6.45) is -1.56. The van der Waals surface area contributed by atoms with Crippen LogP contribution in [0.1, 0.15) is 31.2 Å². The molecule has 0 radical (unpaired) electrons. The Morgan fingerprint density at radius 1 is 1.17 bits per heavy atom. The highest BCUT2D eigenvalue weighted by Crippen LogP contribution is 2.22. The Balaban J connectivity index is 1.67. The fourth-order valence-corrected chi connectivity index (χ4v) is 2.63. The highest BCUT2D eigenvalue weighted by molar-refractivity contribution is 5.74. The van der Waals surface area contributed by atoms with Gasteiger partial charge in [-0.3, -0.25) is 0 Å². The summed E-state index contributed by atoms with van der Waals surface area (Å²) in [6, 6.07) is 5.36. The number of carbonyl (C=O) groups excluding carboxylic acids is 1. The summed E-state index contributed by atoms with van der Waals surface area (Å²) in [7, 11) is 0. The fraction of sp³-hybridized carbons (Fsp3) is 0.562. The summed E-state index contributed by atoms with van der Waals surface area (Å²) in [5.74, 6) is -0.267. The predicted molar refractivity (Wildman–Crippen MR) is 81.6 cm³/mol. The Bertz CT molecular complexity index is 526. The molecule has 1 aromatic rings. The standard InChI is InChI=1S/C16H21F3N2O3/c17-16(18,19)24-14-7-1-11(2-8-14)9-10-20-15(23)21-12-3-5-13(22)6-4-12/h1-2,7-8,12-13,22H,3-6,9-10H2,(H2,20,21,23). The van der Waals surface area contributed by atoms with Gasteiger partial charge in [-0.05, 0) is 49.8 Å². The second-order valence-corrected chi connectivity index (χ2v) is 5.85. The lowest BCUT2D eigenvalue weighted by molar-refractivity contribution is -0.274. The molecule has 1 saturated carbocycles. The van der Waals surface area contributed by atoms with E-state index < -0.39 is 6.36 Å². The van der Waals surface area contributed by atoms with Crippen LogP contribution in [0.5, 0.6) is 5.75 Å². The van der Waals surface area contributed by atoms with Crippen molar-refractivity contribution in [2.24, 2.45) is 0 Å².